The Kier molecular flexibility index (Phi) is 13.2. The van der Waals surface area contributed by atoms with Gasteiger partial charge in [0.05, 0.1) is 23.8 Å². The minimum Gasteiger partial charge on any atom is -0.488 e. The van der Waals surface area contributed by atoms with Gasteiger partial charge in [-0.3, -0.25) is 20.0 Å². The zero-order valence-corrected chi connectivity index (χ0v) is 31.7. The maximum atomic E-state index is 11.5. The van der Waals surface area contributed by atoms with Gasteiger partial charge < -0.3 is 24.8 Å². The Bertz CT molecular complexity index is 2170. The third-order valence-corrected chi connectivity index (χ3v) is 10.6. The summed E-state index contributed by atoms with van der Waals surface area (Å²) >= 11 is 6.73. The number of rotatable bonds is 16. The first-order valence-electron chi connectivity index (χ1n) is 18.3. The number of pyridine rings is 1. The molecule has 0 radical (unpaired) electrons. The van der Waals surface area contributed by atoms with Crippen molar-refractivity contribution in [2.24, 2.45) is 0 Å². The Hall–Kier alpha value is -5.28. The lowest BCUT2D eigenvalue weighted by Crippen LogP contribution is -2.39. The number of carbonyl (C=O) groups is 1. The number of aliphatic hydroxyl groups excluding tert-OH is 2. The number of nitrogens with one attached hydrogen (secondary N) is 1. The van der Waals surface area contributed by atoms with Gasteiger partial charge in [0, 0.05) is 48.7 Å². The number of likely N-dealkylation sites (tertiary alicyclic amines) is 1. The van der Waals surface area contributed by atoms with Crippen LogP contribution in [0.15, 0.2) is 91.3 Å². The van der Waals surface area contributed by atoms with E-state index in [1.54, 1.807) is 24.4 Å². The minimum atomic E-state index is -1.19. The largest absolute Gasteiger partial charge is 0.488 e. The molecule has 0 spiro atoms. The molecule has 0 aliphatic carbocycles. The summed E-state index contributed by atoms with van der Waals surface area (Å²) < 4.78 is 12.5. The topological polar surface area (TPSA) is 148 Å². The summed E-state index contributed by atoms with van der Waals surface area (Å²) in [4.78, 5) is 18.0. The molecule has 2 heterocycles. The van der Waals surface area contributed by atoms with Crippen molar-refractivity contribution in [2.45, 2.75) is 58.5 Å². The molecule has 10 nitrogen and oxygen atoms in total. The fourth-order valence-electron chi connectivity index (χ4n) is 7.22. The van der Waals surface area contributed by atoms with Crippen molar-refractivity contribution < 1.29 is 29.6 Å². The number of carboxylic acids is 1. The average Bonchev–Trinajstić information content (AvgIpc) is 3.66. The lowest BCUT2D eigenvalue weighted by Gasteiger charge is -2.24. The number of carboxylic acid groups (broad SMARTS) is 1. The van der Waals surface area contributed by atoms with Crippen molar-refractivity contribution in [3.8, 4) is 39.8 Å². The van der Waals surface area contributed by atoms with Gasteiger partial charge in [-0.2, -0.15) is 5.26 Å². The van der Waals surface area contributed by atoms with Gasteiger partial charge in [-0.25, -0.2) is 0 Å². The Labute approximate surface area is 326 Å². The van der Waals surface area contributed by atoms with Crippen molar-refractivity contribution in [3.63, 3.8) is 0 Å². The third-order valence-electron chi connectivity index (χ3n) is 10.3. The van der Waals surface area contributed by atoms with Crippen LogP contribution in [0.5, 0.6) is 11.5 Å². The summed E-state index contributed by atoms with van der Waals surface area (Å²) in [5, 5.41) is 40.9. The first kappa shape index (κ1) is 39.4. The number of nitriles is 1. The summed E-state index contributed by atoms with van der Waals surface area (Å²) in [5.41, 5.74) is 10.7. The highest BCUT2D eigenvalue weighted by atomic mass is 35.5. The molecule has 5 aromatic rings. The van der Waals surface area contributed by atoms with Crippen LogP contribution >= 0.6 is 11.6 Å². The van der Waals surface area contributed by atoms with Crippen LogP contribution < -0.4 is 14.8 Å². The molecule has 1 saturated heterocycles. The van der Waals surface area contributed by atoms with Crippen LogP contribution in [0.3, 0.4) is 0 Å². The molecule has 6 rings (SSSR count). The van der Waals surface area contributed by atoms with Gasteiger partial charge in [-0.1, -0.05) is 72.3 Å². The Morgan fingerprint density at radius 1 is 0.945 bits per heavy atom. The lowest BCUT2D eigenvalue weighted by molar-refractivity contribution is -0.140. The molecule has 1 aliphatic rings. The van der Waals surface area contributed by atoms with Gasteiger partial charge in [0.15, 0.2) is 0 Å². The van der Waals surface area contributed by atoms with E-state index in [2.05, 4.69) is 83.6 Å². The zero-order valence-electron chi connectivity index (χ0n) is 31.0. The molecule has 4 aromatic carbocycles. The highest BCUT2D eigenvalue weighted by molar-refractivity contribution is 6.32. The maximum Gasteiger partial charge on any atom is 0.323 e. The van der Waals surface area contributed by atoms with E-state index in [9.17, 15) is 25.4 Å². The Balaban J connectivity index is 1.22. The molecule has 55 heavy (non-hydrogen) atoms. The zero-order chi connectivity index (χ0) is 38.9. The SMILES string of the molecule is Cc1c(COc2cc(OCc3cncc(C#N)c3)c(CN[C@@H](CO)C(=O)O)cc2Cl)cccc1-c1cccc(-c2ccc(C3CCCN3CCO)cc2)c1C. The van der Waals surface area contributed by atoms with E-state index in [-0.39, 0.29) is 26.4 Å². The second-order valence-corrected chi connectivity index (χ2v) is 14.1. The van der Waals surface area contributed by atoms with Gasteiger partial charge in [-0.05, 0) is 89.9 Å². The summed E-state index contributed by atoms with van der Waals surface area (Å²) in [6.07, 6.45) is 5.32. The second kappa shape index (κ2) is 18.4. The second-order valence-electron chi connectivity index (χ2n) is 13.7. The number of nitrogens with zero attached hydrogens (tertiary/aromatic N) is 3. The molecular formula is C44H45ClN4O6. The van der Waals surface area contributed by atoms with Crippen molar-refractivity contribution >= 4 is 17.6 Å². The molecule has 1 unspecified atom stereocenters. The van der Waals surface area contributed by atoms with Gasteiger partial charge in [0.2, 0.25) is 0 Å². The molecule has 0 saturated carbocycles. The van der Waals surface area contributed by atoms with Crippen LogP contribution in [-0.4, -0.2) is 63.5 Å². The molecule has 1 aliphatic heterocycles. The highest BCUT2D eigenvalue weighted by Crippen LogP contribution is 2.38. The quantitative estimate of drug-likeness (QED) is 0.0803. The Morgan fingerprint density at radius 3 is 2.40 bits per heavy atom. The molecule has 0 amide bonds. The molecule has 2 atom stereocenters. The van der Waals surface area contributed by atoms with Crippen LogP contribution in [0, 0.1) is 25.2 Å². The first-order valence-corrected chi connectivity index (χ1v) is 18.7. The number of halogens is 1. The molecule has 11 heteroatoms. The number of hydrogen-bond donors (Lipinski definition) is 4. The van der Waals surface area contributed by atoms with Crippen molar-refractivity contribution in [2.75, 3.05) is 26.3 Å². The van der Waals surface area contributed by atoms with Crippen molar-refractivity contribution in [1.82, 2.24) is 15.2 Å². The van der Waals surface area contributed by atoms with E-state index in [1.165, 1.54) is 22.9 Å². The average molecular weight is 761 g/mol. The van der Waals surface area contributed by atoms with Crippen LogP contribution in [0.2, 0.25) is 5.02 Å². The van der Waals surface area contributed by atoms with Gasteiger partial charge in [-0.15, -0.1) is 0 Å². The highest BCUT2D eigenvalue weighted by Gasteiger charge is 2.25. The molecule has 284 valence electrons. The van der Waals surface area contributed by atoms with Gasteiger partial charge >= 0.3 is 5.97 Å². The molecule has 0 bridgehead atoms. The number of ether oxygens (including phenoxy) is 2. The van der Waals surface area contributed by atoms with E-state index in [0.717, 1.165) is 47.2 Å². The summed E-state index contributed by atoms with van der Waals surface area (Å²) in [6, 6.07) is 27.7. The monoisotopic (exact) mass is 760 g/mol. The smallest absolute Gasteiger partial charge is 0.323 e. The molecule has 4 N–H and O–H groups in total. The van der Waals surface area contributed by atoms with Crippen LogP contribution in [-0.2, 0) is 24.6 Å². The van der Waals surface area contributed by atoms with E-state index in [0.29, 0.717) is 45.8 Å². The predicted octanol–water partition coefficient (Wildman–Crippen LogP) is 7.38. The van der Waals surface area contributed by atoms with Gasteiger partial charge in [0.25, 0.3) is 0 Å². The van der Waals surface area contributed by atoms with Crippen LogP contribution in [0.25, 0.3) is 22.3 Å². The van der Waals surface area contributed by atoms with Crippen LogP contribution in [0.4, 0.5) is 0 Å². The van der Waals surface area contributed by atoms with Gasteiger partial charge in [0.1, 0.15) is 36.8 Å². The molecule has 1 aromatic heterocycles. The van der Waals surface area contributed by atoms with Crippen molar-refractivity contribution in [3.05, 3.63) is 135 Å². The van der Waals surface area contributed by atoms with E-state index in [1.807, 2.05) is 12.1 Å². The minimum absolute atomic E-state index is 0.0524. The number of β-amino-alcohol motifs (C(OH)–C–C–N with tert-alkyl or cyclic N) is 1. The molecule has 1 fully saturated rings. The molecular weight excluding hydrogens is 716 g/mol. The fourth-order valence-corrected chi connectivity index (χ4v) is 7.46. The van der Waals surface area contributed by atoms with Crippen LogP contribution in [0.1, 0.15) is 57.8 Å². The fraction of sp³-hybridized carbons (Fsp3) is 0.295. The number of aliphatic carboxylic acids is 1. The number of aliphatic hydroxyl groups is 2. The standard InChI is InChI=1S/C44H45ClN4O6/c1-28-34(6-3-8-37(28)38-9-4-7-36(29(38)2)32-11-13-33(14-12-32)41-10-5-15-49(41)16-17-50)27-55-43-20-42(54-26-31-18-30(21-46)22-47-23-31)35(19-39(43)45)24-48-40(25-51)44(52)53/h3-4,6-9,11-14,18-20,22-23,40-41,48,50-51H,5,10,15-17,24-27H2,1-2H3,(H,52,53)/t40-,41?/m0/s1. The number of aromatic nitrogens is 1. The summed E-state index contributed by atoms with van der Waals surface area (Å²) in [5.74, 6) is -0.409. The normalized spacial score (nSPS) is 14.7. The first-order chi connectivity index (χ1) is 26.7. The number of benzene rings is 4. The lowest BCUT2D eigenvalue weighted by atomic mass is 9.89. The van der Waals surface area contributed by atoms with E-state index in [4.69, 9.17) is 21.1 Å². The maximum absolute atomic E-state index is 11.5. The third kappa shape index (κ3) is 9.34. The number of hydrogen-bond acceptors (Lipinski definition) is 9. The summed E-state index contributed by atoms with van der Waals surface area (Å²) in [7, 11) is 0. The summed E-state index contributed by atoms with van der Waals surface area (Å²) in [6.45, 7) is 5.92. The predicted molar refractivity (Wildman–Crippen MR) is 212 cm³/mol. The van der Waals surface area contributed by atoms with E-state index < -0.39 is 18.6 Å². The Morgan fingerprint density at radius 2 is 1.67 bits per heavy atom. The van der Waals surface area contributed by atoms with E-state index >= 15 is 0 Å². The van der Waals surface area contributed by atoms with Crippen molar-refractivity contribution in [1.29, 1.82) is 5.26 Å².